The molecule has 6 nitrogen and oxygen atoms in total. The molecule has 0 bridgehead atoms. The monoisotopic (exact) mass is 343 g/mol. The minimum absolute atomic E-state index is 0.0967. The maximum absolute atomic E-state index is 12.4. The molecule has 1 aliphatic rings. The van der Waals surface area contributed by atoms with Crippen LogP contribution >= 0.6 is 12.2 Å². The van der Waals surface area contributed by atoms with Crippen molar-refractivity contribution >= 4 is 29.0 Å². The van der Waals surface area contributed by atoms with E-state index in [0.717, 1.165) is 36.3 Å². The molecule has 0 amide bonds. The Morgan fingerprint density at radius 2 is 2.08 bits per heavy atom. The molecular weight excluding hydrogens is 326 g/mol. The quantitative estimate of drug-likeness (QED) is 0.385. The minimum Gasteiger partial charge on any atom is -0.453 e. The summed E-state index contributed by atoms with van der Waals surface area (Å²) >= 11 is 4.78. The van der Waals surface area contributed by atoms with E-state index in [0.29, 0.717) is 11.3 Å². The molecule has 0 fully saturated rings. The fourth-order valence-corrected chi connectivity index (χ4v) is 2.78. The van der Waals surface area contributed by atoms with Gasteiger partial charge < -0.3 is 14.9 Å². The number of hydrazone groups is 1. The van der Waals surface area contributed by atoms with E-state index in [1.807, 2.05) is 13.0 Å². The summed E-state index contributed by atoms with van der Waals surface area (Å²) in [6, 6.07) is 8.89. The van der Waals surface area contributed by atoms with Crippen molar-refractivity contribution in [2.24, 2.45) is 10.8 Å². The first-order valence-electron chi connectivity index (χ1n) is 7.58. The largest absolute Gasteiger partial charge is 0.453 e. The SMILES string of the molecule is Cc1c(C(=O)Oc2ccccc2)oc2c1/C(=N/NC(N)=S)CCC2. The summed E-state index contributed by atoms with van der Waals surface area (Å²) in [7, 11) is 0. The third kappa shape index (κ3) is 3.30. The molecule has 2 aromatic rings. The van der Waals surface area contributed by atoms with Crippen molar-refractivity contribution in [3.05, 3.63) is 53.0 Å². The molecule has 24 heavy (non-hydrogen) atoms. The Hall–Kier alpha value is -2.67. The van der Waals surface area contributed by atoms with Gasteiger partial charge in [0.1, 0.15) is 11.5 Å². The fraction of sp³-hybridized carbons (Fsp3) is 0.235. The number of carbonyl (C=O) groups is 1. The number of rotatable bonds is 3. The second-order valence-corrected chi connectivity index (χ2v) is 5.88. The van der Waals surface area contributed by atoms with Gasteiger partial charge in [-0.25, -0.2) is 4.79 Å². The van der Waals surface area contributed by atoms with E-state index in [9.17, 15) is 4.79 Å². The fourth-order valence-electron chi connectivity index (χ4n) is 2.74. The minimum atomic E-state index is -0.519. The van der Waals surface area contributed by atoms with Crippen LogP contribution in [0.25, 0.3) is 0 Å². The number of thiocarbonyl (C=S) groups is 1. The predicted octanol–water partition coefficient (Wildman–Crippen LogP) is 2.68. The van der Waals surface area contributed by atoms with E-state index >= 15 is 0 Å². The van der Waals surface area contributed by atoms with E-state index in [4.69, 9.17) is 27.1 Å². The highest BCUT2D eigenvalue weighted by atomic mass is 32.1. The number of nitrogens with one attached hydrogen (secondary N) is 1. The van der Waals surface area contributed by atoms with Crippen molar-refractivity contribution in [3.8, 4) is 5.75 Å². The van der Waals surface area contributed by atoms with Gasteiger partial charge in [0.25, 0.3) is 0 Å². The number of carbonyl (C=O) groups excluding carboxylic acids is 1. The number of nitrogens with zero attached hydrogens (tertiary/aromatic N) is 1. The van der Waals surface area contributed by atoms with Crippen molar-refractivity contribution in [1.29, 1.82) is 0 Å². The van der Waals surface area contributed by atoms with Crippen LogP contribution in [0.2, 0.25) is 0 Å². The van der Waals surface area contributed by atoms with Crippen molar-refractivity contribution in [3.63, 3.8) is 0 Å². The van der Waals surface area contributed by atoms with E-state index in [1.54, 1.807) is 24.3 Å². The summed E-state index contributed by atoms with van der Waals surface area (Å²) in [4.78, 5) is 12.4. The molecule has 1 aliphatic carbocycles. The summed E-state index contributed by atoms with van der Waals surface area (Å²) in [6.07, 6.45) is 2.39. The topological polar surface area (TPSA) is 89.8 Å². The van der Waals surface area contributed by atoms with Gasteiger partial charge in [-0.3, -0.25) is 5.43 Å². The highest BCUT2D eigenvalue weighted by Crippen LogP contribution is 2.30. The van der Waals surface area contributed by atoms with Gasteiger partial charge in [0.15, 0.2) is 5.11 Å². The van der Waals surface area contributed by atoms with Crippen molar-refractivity contribution in [1.82, 2.24) is 5.43 Å². The molecule has 0 aliphatic heterocycles. The van der Waals surface area contributed by atoms with Gasteiger partial charge in [-0.1, -0.05) is 18.2 Å². The number of nitrogens with two attached hydrogens (primary N) is 1. The summed E-state index contributed by atoms with van der Waals surface area (Å²) in [5.41, 5.74) is 10.4. The molecule has 1 heterocycles. The Morgan fingerprint density at radius 3 is 2.79 bits per heavy atom. The lowest BCUT2D eigenvalue weighted by atomic mass is 9.93. The van der Waals surface area contributed by atoms with Crippen molar-refractivity contribution < 1.29 is 13.9 Å². The smallest absolute Gasteiger partial charge is 0.379 e. The van der Waals surface area contributed by atoms with Crippen LogP contribution in [0.15, 0.2) is 39.9 Å². The number of esters is 1. The van der Waals surface area contributed by atoms with Crippen LogP contribution in [-0.2, 0) is 6.42 Å². The first-order valence-corrected chi connectivity index (χ1v) is 7.99. The average Bonchev–Trinajstić information content (AvgIpc) is 2.91. The molecule has 3 rings (SSSR count). The zero-order valence-electron chi connectivity index (χ0n) is 13.2. The van der Waals surface area contributed by atoms with Crippen LogP contribution in [0.4, 0.5) is 0 Å². The lowest BCUT2D eigenvalue weighted by Gasteiger charge is -2.13. The molecule has 0 radical (unpaired) electrons. The highest BCUT2D eigenvalue weighted by molar-refractivity contribution is 7.80. The van der Waals surface area contributed by atoms with Crippen LogP contribution in [0, 0.1) is 6.92 Å². The van der Waals surface area contributed by atoms with Gasteiger partial charge in [-0.15, -0.1) is 0 Å². The first-order chi connectivity index (χ1) is 11.6. The molecule has 124 valence electrons. The number of furan rings is 1. The zero-order chi connectivity index (χ0) is 17.1. The van der Waals surface area contributed by atoms with Gasteiger partial charge in [-0.05, 0) is 44.1 Å². The number of benzene rings is 1. The summed E-state index contributed by atoms with van der Waals surface area (Å²) in [6.45, 7) is 1.82. The standard InChI is InChI=1S/C17H17N3O3S/c1-10-14-12(19-20-17(18)24)8-5-9-13(14)23-15(10)16(21)22-11-6-3-2-4-7-11/h2-4,6-7H,5,8-9H2,1H3,(H3,18,20,24)/b19-12+. The van der Waals surface area contributed by atoms with Crippen LogP contribution in [0.5, 0.6) is 5.75 Å². The number of para-hydroxylation sites is 1. The second-order valence-electron chi connectivity index (χ2n) is 5.45. The number of hydrogen-bond acceptors (Lipinski definition) is 5. The van der Waals surface area contributed by atoms with Gasteiger partial charge in [-0.2, -0.15) is 5.10 Å². The predicted molar refractivity (Wildman–Crippen MR) is 94.2 cm³/mol. The van der Waals surface area contributed by atoms with E-state index in [1.165, 1.54) is 0 Å². The lowest BCUT2D eigenvalue weighted by Crippen LogP contribution is -2.26. The third-order valence-corrected chi connectivity index (χ3v) is 3.86. The molecule has 0 unspecified atom stereocenters. The number of ether oxygens (including phenoxy) is 1. The Morgan fingerprint density at radius 1 is 1.33 bits per heavy atom. The Bertz CT molecular complexity index is 812. The molecule has 3 N–H and O–H groups in total. The lowest BCUT2D eigenvalue weighted by molar-refractivity contribution is 0.0698. The van der Waals surface area contributed by atoms with Crippen LogP contribution in [0.1, 0.15) is 40.3 Å². The van der Waals surface area contributed by atoms with Crippen molar-refractivity contribution in [2.75, 3.05) is 0 Å². The second kappa shape index (κ2) is 6.84. The van der Waals surface area contributed by atoms with Gasteiger partial charge in [0.05, 0.1) is 5.71 Å². The first kappa shape index (κ1) is 16.2. The molecule has 1 aromatic heterocycles. The molecular formula is C17H17N3O3S. The van der Waals surface area contributed by atoms with Crippen molar-refractivity contribution in [2.45, 2.75) is 26.2 Å². The summed E-state index contributed by atoms with van der Waals surface area (Å²) in [5, 5.41) is 4.33. The maximum Gasteiger partial charge on any atom is 0.379 e. The van der Waals surface area contributed by atoms with Crippen LogP contribution in [0.3, 0.4) is 0 Å². The van der Waals surface area contributed by atoms with Crippen LogP contribution in [-0.4, -0.2) is 16.8 Å². The number of fused-ring (bicyclic) bond motifs is 1. The third-order valence-electron chi connectivity index (χ3n) is 3.77. The highest BCUT2D eigenvalue weighted by Gasteiger charge is 2.28. The Labute approximate surface area is 144 Å². The molecule has 1 aromatic carbocycles. The van der Waals surface area contributed by atoms with Gasteiger partial charge in [0.2, 0.25) is 5.76 Å². The van der Waals surface area contributed by atoms with Crippen LogP contribution < -0.4 is 15.9 Å². The molecule has 7 heteroatoms. The molecule has 0 atom stereocenters. The van der Waals surface area contributed by atoms with Gasteiger partial charge in [0, 0.05) is 17.5 Å². The summed E-state index contributed by atoms with van der Waals surface area (Å²) in [5.74, 6) is 0.895. The molecule has 0 saturated heterocycles. The zero-order valence-corrected chi connectivity index (χ0v) is 14.0. The Kier molecular flexibility index (Phi) is 4.61. The molecule has 0 saturated carbocycles. The van der Waals surface area contributed by atoms with E-state index in [2.05, 4.69) is 10.5 Å². The average molecular weight is 343 g/mol. The van der Waals surface area contributed by atoms with E-state index < -0.39 is 5.97 Å². The summed E-state index contributed by atoms with van der Waals surface area (Å²) < 4.78 is 11.1. The number of aryl methyl sites for hydroxylation is 1. The van der Waals surface area contributed by atoms with E-state index in [-0.39, 0.29) is 10.9 Å². The normalized spacial score (nSPS) is 15.0. The molecule has 0 spiro atoms. The number of hydrogen-bond donors (Lipinski definition) is 2. The maximum atomic E-state index is 12.4. The van der Waals surface area contributed by atoms with Gasteiger partial charge >= 0.3 is 5.97 Å². The Balaban J connectivity index is 1.90.